The van der Waals surface area contributed by atoms with Crippen molar-refractivity contribution in [3.8, 4) is 22.8 Å². The van der Waals surface area contributed by atoms with E-state index in [1.807, 2.05) is 30.5 Å². The van der Waals surface area contributed by atoms with Gasteiger partial charge in [0.1, 0.15) is 5.69 Å². The first-order chi connectivity index (χ1) is 11.7. The molecule has 1 aromatic carbocycles. The molecule has 3 heterocycles. The Morgan fingerprint density at radius 2 is 2.21 bits per heavy atom. The SMILES string of the molecule is CCn1nccc1C(=O)Nc1nc(-c2ccc3c(c2)OCO3)cs1. The van der Waals surface area contributed by atoms with Crippen LogP contribution in [0.5, 0.6) is 11.5 Å². The average Bonchev–Trinajstić information content (AvgIpc) is 3.33. The highest BCUT2D eigenvalue weighted by Crippen LogP contribution is 2.36. The number of benzene rings is 1. The summed E-state index contributed by atoms with van der Waals surface area (Å²) in [5.74, 6) is 1.22. The second-order valence-corrected chi connectivity index (χ2v) is 5.95. The number of nitrogens with one attached hydrogen (secondary N) is 1. The van der Waals surface area contributed by atoms with Gasteiger partial charge in [-0.05, 0) is 31.2 Å². The minimum atomic E-state index is -0.221. The van der Waals surface area contributed by atoms with Gasteiger partial charge in [-0.1, -0.05) is 0 Å². The van der Waals surface area contributed by atoms with Gasteiger partial charge in [0, 0.05) is 23.7 Å². The molecule has 0 atom stereocenters. The quantitative estimate of drug-likeness (QED) is 0.788. The Kier molecular flexibility index (Phi) is 3.66. The number of aromatic nitrogens is 3. The van der Waals surface area contributed by atoms with Crippen molar-refractivity contribution in [1.82, 2.24) is 14.8 Å². The smallest absolute Gasteiger partial charge is 0.275 e. The van der Waals surface area contributed by atoms with Gasteiger partial charge >= 0.3 is 0 Å². The van der Waals surface area contributed by atoms with Crippen molar-refractivity contribution in [2.24, 2.45) is 0 Å². The number of carbonyl (C=O) groups excluding carboxylic acids is 1. The van der Waals surface area contributed by atoms with Gasteiger partial charge in [-0.2, -0.15) is 5.10 Å². The first-order valence-electron chi connectivity index (χ1n) is 7.43. The predicted octanol–water partition coefficient (Wildman–Crippen LogP) is 3.01. The molecule has 0 fully saturated rings. The number of thiazole rings is 1. The van der Waals surface area contributed by atoms with Crippen LogP contribution in [-0.4, -0.2) is 27.5 Å². The van der Waals surface area contributed by atoms with E-state index in [2.05, 4.69) is 15.4 Å². The van der Waals surface area contributed by atoms with E-state index < -0.39 is 0 Å². The van der Waals surface area contributed by atoms with E-state index in [4.69, 9.17) is 9.47 Å². The van der Waals surface area contributed by atoms with Gasteiger partial charge in [-0.25, -0.2) is 4.98 Å². The molecule has 0 aliphatic carbocycles. The van der Waals surface area contributed by atoms with Gasteiger partial charge < -0.3 is 9.47 Å². The third kappa shape index (κ3) is 2.61. The molecule has 0 spiro atoms. The first-order valence-corrected chi connectivity index (χ1v) is 8.31. The van der Waals surface area contributed by atoms with Crippen LogP contribution in [0.15, 0.2) is 35.8 Å². The summed E-state index contributed by atoms with van der Waals surface area (Å²) in [5, 5.41) is 9.34. The van der Waals surface area contributed by atoms with E-state index in [1.165, 1.54) is 11.3 Å². The molecule has 1 aliphatic rings. The summed E-state index contributed by atoms with van der Waals surface area (Å²) in [4.78, 5) is 16.8. The van der Waals surface area contributed by atoms with E-state index >= 15 is 0 Å². The number of amides is 1. The van der Waals surface area contributed by atoms with E-state index in [-0.39, 0.29) is 12.7 Å². The lowest BCUT2D eigenvalue weighted by Gasteiger charge is -2.04. The standard InChI is InChI=1S/C16H14N4O3S/c1-2-20-12(5-6-17-20)15(21)19-16-18-11(8-24-16)10-3-4-13-14(7-10)23-9-22-13/h3-8H,2,9H2,1H3,(H,18,19,21). The molecule has 0 saturated heterocycles. The minimum absolute atomic E-state index is 0.221. The normalized spacial score (nSPS) is 12.4. The highest BCUT2D eigenvalue weighted by Gasteiger charge is 2.16. The van der Waals surface area contributed by atoms with Crippen LogP contribution >= 0.6 is 11.3 Å². The Morgan fingerprint density at radius 3 is 3.08 bits per heavy atom. The molecule has 0 bridgehead atoms. The van der Waals surface area contributed by atoms with Crippen LogP contribution in [0.1, 0.15) is 17.4 Å². The Morgan fingerprint density at radius 1 is 1.33 bits per heavy atom. The van der Waals surface area contributed by atoms with Crippen LogP contribution in [0.4, 0.5) is 5.13 Å². The summed E-state index contributed by atoms with van der Waals surface area (Å²) in [5.41, 5.74) is 2.20. The Labute approximate surface area is 141 Å². The second-order valence-electron chi connectivity index (χ2n) is 5.09. The van der Waals surface area contributed by atoms with Crippen molar-refractivity contribution in [3.05, 3.63) is 41.5 Å². The largest absolute Gasteiger partial charge is 0.454 e. The van der Waals surface area contributed by atoms with Crippen molar-refractivity contribution in [1.29, 1.82) is 0 Å². The maximum Gasteiger partial charge on any atom is 0.275 e. The Bertz CT molecular complexity index is 902. The number of fused-ring (bicyclic) bond motifs is 1. The first kappa shape index (κ1) is 14.7. The molecular formula is C16H14N4O3S. The van der Waals surface area contributed by atoms with Gasteiger partial charge in [0.25, 0.3) is 5.91 Å². The van der Waals surface area contributed by atoms with Crippen molar-refractivity contribution < 1.29 is 14.3 Å². The van der Waals surface area contributed by atoms with Gasteiger partial charge in [0.15, 0.2) is 16.6 Å². The van der Waals surface area contributed by atoms with Crippen LogP contribution in [0, 0.1) is 0 Å². The zero-order valence-electron chi connectivity index (χ0n) is 12.9. The molecule has 3 aromatic rings. The summed E-state index contributed by atoms with van der Waals surface area (Å²) in [6.45, 7) is 2.81. The molecule has 7 nitrogen and oxygen atoms in total. The number of nitrogens with zero attached hydrogens (tertiary/aromatic N) is 3. The van der Waals surface area contributed by atoms with Gasteiger partial charge in [0.05, 0.1) is 5.69 Å². The van der Waals surface area contributed by atoms with E-state index in [1.54, 1.807) is 16.9 Å². The minimum Gasteiger partial charge on any atom is -0.454 e. The van der Waals surface area contributed by atoms with Crippen molar-refractivity contribution in [2.75, 3.05) is 12.1 Å². The Balaban J connectivity index is 1.54. The topological polar surface area (TPSA) is 78.3 Å². The molecule has 8 heteroatoms. The highest BCUT2D eigenvalue weighted by molar-refractivity contribution is 7.14. The molecular weight excluding hydrogens is 328 g/mol. The van der Waals surface area contributed by atoms with Gasteiger partial charge in [0.2, 0.25) is 6.79 Å². The number of hydrogen-bond donors (Lipinski definition) is 1. The molecule has 4 rings (SSSR count). The Hall–Kier alpha value is -2.87. The fourth-order valence-corrected chi connectivity index (χ4v) is 3.17. The van der Waals surface area contributed by atoms with Crippen LogP contribution in [0.2, 0.25) is 0 Å². The summed E-state index contributed by atoms with van der Waals surface area (Å²) in [7, 11) is 0. The molecule has 122 valence electrons. The fraction of sp³-hybridized carbons (Fsp3) is 0.188. The molecule has 2 aromatic heterocycles. The zero-order chi connectivity index (χ0) is 16.5. The second kappa shape index (κ2) is 5.97. The van der Waals surface area contributed by atoms with E-state index in [0.717, 1.165) is 17.0 Å². The number of ether oxygens (including phenoxy) is 2. The molecule has 0 radical (unpaired) electrons. The molecule has 0 saturated carbocycles. The lowest BCUT2D eigenvalue weighted by Crippen LogP contribution is -2.17. The van der Waals surface area contributed by atoms with Crippen molar-refractivity contribution in [2.45, 2.75) is 13.5 Å². The zero-order valence-corrected chi connectivity index (χ0v) is 13.7. The number of hydrogen-bond acceptors (Lipinski definition) is 6. The third-order valence-corrected chi connectivity index (χ3v) is 4.40. The highest BCUT2D eigenvalue weighted by atomic mass is 32.1. The number of carbonyl (C=O) groups is 1. The van der Waals surface area contributed by atoms with Gasteiger partial charge in [-0.15, -0.1) is 11.3 Å². The molecule has 1 aliphatic heterocycles. The summed E-state index contributed by atoms with van der Waals surface area (Å²) < 4.78 is 12.3. The number of aryl methyl sites for hydroxylation is 1. The van der Waals surface area contributed by atoms with Crippen LogP contribution in [0.25, 0.3) is 11.3 Å². The maximum atomic E-state index is 12.3. The van der Waals surface area contributed by atoms with Crippen molar-refractivity contribution >= 4 is 22.4 Å². The van der Waals surface area contributed by atoms with Gasteiger partial charge in [-0.3, -0.25) is 14.8 Å². The van der Waals surface area contributed by atoms with E-state index in [0.29, 0.717) is 23.1 Å². The molecule has 1 amide bonds. The monoisotopic (exact) mass is 342 g/mol. The van der Waals surface area contributed by atoms with Crippen LogP contribution in [0.3, 0.4) is 0 Å². The lowest BCUT2D eigenvalue weighted by molar-refractivity contribution is 0.101. The number of anilines is 1. The van der Waals surface area contributed by atoms with E-state index in [9.17, 15) is 4.79 Å². The summed E-state index contributed by atoms with van der Waals surface area (Å²) in [6.07, 6.45) is 1.61. The third-order valence-electron chi connectivity index (χ3n) is 3.64. The maximum absolute atomic E-state index is 12.3. The lowest BCUT2D eigenvalue weighted by atomic mass is 10.1. The average molecular weight is 342 g/mol. The fourth-order valence-electron chi connectivity index (χ4n) is 2.46. The number of rotatable bonds is 4. The van der Waals surface area contributed by atoms with Crippen LogP contribution in [-0.2, 0) is 6.54 Å². The summed E-state index contributed by atoms with van der Waals surface area (Å²) in [6, 6.07) is 7.34. The molecule has 0 unspecified atom stereocenters. The predicted molar refractivity (Wildman–Crippen MR) is 89.5 cm³/mol. The van der Waals surface area contributed by atoms with Crippen molar-refractivity contribution in [3.63, 3.8) is 0 Å². The molecule has 24 heavy (non-hydrogen) atoms. The molecule has 1 N–H and O–H groups in total. The summed E-state index contributed by atoms with van der Waals surface area (Å²) >= 11 is 1.37. The van der Waals surface area contributed by atoms with Crippen LogP contribution < -0.4 is 14.8 Å².